The molecule has 0 saturated carbocycles. The zero-order chi connectivity index (χ0) is 21.1. The minimum atomic E-state index is -0.590. The highest BCUT2D eigenvalue weighted by atomic mass is 19.1. The maximum Gasteiger partial charge on any atom is 0.272 e. The number of non-ortho nitro benzene ring substituents is 1. The fourth-order valence-corrected chi connectivity index (χ4v) is 4.06. The highest BCUT2D eigenvalue weighted by Gasteiger charge is 2.23. The van der Waals surface area contributed by atoms with E-state index in [2.05, 4.69) is 26.9 Å². The molecule has 2 aromatic rings. The SMILES string of the molecule is N#CC1CCN(c2ccc(N3CCN(c4ccc([N+](=O)[O-])cc4F)CC3)cn2)CC1. The standard InChI is InChI=1S/C21H23FN6O2/c22-19-13-17(28(29)30)1-3-20(19)26-11-9-25(10-12-26)18-2-4-21(24-15-18)27-7-5-16(14-23)6-8-27/h1-4,13,15-16H,5-12H2. The predicted molar refractivity (Wildman–Crippen MR) is 112 cm³/mol. The first-order valence-electron chi connectivity index (χ1n) is 10.1. The van der Waals surface area contributed by atoms with Crippen molar-refractivity contribution in [1.29, 1.82) is 5.26 Å². The molecule has 1 aromatic carbocycles. The Bertz CT molecular complexity index is 945. The van der Waals surface area contributed by atoms with E-state index >= 15 is 0 Å². The Morgan fingerprint density at radius 2 is 1.73 bits per heavy atom. The molecular weight excluding hydrogens is 387 g/mol. The summed E-state index contributed by atoms with van der Waals surface area (Å²) in [6.45, 7) is 4.38. The predicted octanol–water partition coefficient (Wildman–Crippen LogP) is 3.20. The van der Waals surface area contributed by atoms with Gasteiger partial charge in [-0.3, -0.25) is 10.1 Å². The third-order valence-corrected chi connectivity index (χ3v) is 5.86. The maximum absolute atomic E-state index is 14.3. The van der Waals surface area contributed by atoms with Crippen LogP contribution in [0.1, 0.15) is 12.8 Å². The van der Waals surface area contributed by atoms with E-state index in [9.17, 15) is 14.5 Å². The molecule has 0 aliphatic carbocycles. The molecule has 0 atom stereocenters. The number of benzene rings is 1. The van der Waals surface area contributed by atoms with Gasteiger partial charge in [0.1, 0.15) is 5.82 Å². The van der Waals surface area contributed by atoms with Gasteiger partial charge in [0.25, 0.3) is 5.69 Å². The summed E-state index contributed by atoms with van der Waals surface area (Å²) in [5, 5.41) is 19.8. The second-order valence-corrected chi connectivity index (χ2v) is 7.63. The van der Waals surface area contributed by atoms with Crippen molar-refractivity contribution in [2.45, 2.75) is 12.8 Å². The smallest absolute Gasteiger partial charge is 0.272 e. The summed E-state index contributed by atoms with van der Waals surface area (Å²) in [5.41, 5.74) is 1.18. The van der Waals surface area contributed by atoms with Gasteiger partial charge in [-0.1, -0.05) is 0 Å². The summed E-state index contributed by atoms with van der Waals surface area (Å²) >= 11 is 0. The Kier molecular flexibility index (Phi) is 5.65. The fraction of sp³-hybridized carbons (Fsp3) is 0.429. The molecule has 30 heavy (non-hydrogen) atoms. The number of piperazine rings is 1. The number of halogens is 1. The summed E-state index contributed by atoms with van der Waals surface area (Å²) < 4.78 is 14.3. The van der Waals surface area contributed by atoms with Crippen LogP contribution in [0.2, 0.25) is 0 Å². The number of hydrogen-bond donors (Lipinski definition) is 0. The van der Waals surface area contributed by atoms with Crippen LogP contribution in [0.15, 0.2) is 36.5 Å². The highest BCUT2D eigenvalue weighted by Crippen LogP contribution is 2.27. The lowest BCUT2D eigenvalue weighted by Crippen LogP contribution is -2.46. The molecule has 8 nitrogen and oxygen atoms in total. The van der Waals surface area contributed by atoms with Crippen molar-refractivity contribution in [1.82, 2.24) is 4.98 Å². The third kappa shape index (κ3) is 4.13. The van der Waals surface area contributed by atoms with Gasteiger partial charge in [0.15, 0.2) is 5.82 Å². The molecule has 3 heterocycles. The van der Waals surface area contributed by atoms with Crippen LogP contribution in [0.4, 0.5) is 27.3 Å². The normalized spacial score (nSPS) is 17.7. The van der Waals surface area contributed by atoms with Crippen LogP contribution in [0.5, 0.6) is 0 Å². The zero-order valence-corrected chi connectivity index (χ0v) is 16.6. The number of pyridine rings is 1. The topological polar surface area (TPSA) is 89.5 Å². The van der Waals surface area contributed by atoms with Gasteiger partial charge >= 0.3 is 0 Å². The number of aromatic nitrogens is 1. The number of nitro groups is 1. The van der Waals surface area contributed by atoms with E-state index in [0.29, 0.717) is 31.9 Å². The van der Waals surface area contributed by atoms with Crippen molar-refractivity contribution >= 4 is 22.9 Å². The van der Waals surface area contributed by atoms with Crippen LogP contribution in [-0.4, -0.2) is 49.2 Å². The van der Waals surface area contributed by atoms with Crippen LogP contribution < -0.4 is 14.7 Å². The molecule has 0 spiro atoms. The number of piperidine rings is 1. The quantitative estimate of drug-likeness (QED) is 0.565. The molecule has 9 heteroatoms. The lowest BCUT2D eigenvalue weighted by atomic mass is 9.99. The monoisotopic (exact) mass is 410 g/mol. The number of anilines is 3. The summed E-state index contributed by atoms with van der Waals surface area (Å²) in [4.78, 5) is 21.1. The molecule has 0 unspecified atom stereocenters. The van der Waals surface area contributed by atoms with Crippen LogP contribution in [0.3, 0.4) is 0 Å². The van der Waals surface area contributed by atoms with Gasteiger partial charge in [-0.25, -0.2) is 9.37 Å². The van der Waals surface area contributed by atoms with Crippen LogP contribution in [0, 0.1) is 33.2 Å². The number of nitrogens with zero attached hydrogens (tertiary/aromatic N) is 6. The zero-order valence-electron chi connectivity index (χ0n) is 16.6. The molecule has 2 aliphatic heterocycles. The van der Waals surface area contributed by atoms with Gasteiger partial charge in [0.05, 0.1) is 34.6 Å². The molecule has 2 aliphatic rings. The van der Waals surface area contributed by atoms with E-state index < -0.39 is 10.7 Å². The van der Waals surface area contributed by atoms with Crippen molar-refractivity contribution in [3.8, 4) is 6.07 Å². The lowest BCUT2D eigenvalue weighted by Gasteiger charge is -2.37. The summed E-state index contributed by atoms with van der Waals surface area (Å²) in [5.74, 6) is 0.517. The molecule has 2 fully saturated rings. The lowest BCUT2D eigenvalue weighted by molar-refractivity contribution is -0.385. The number of nitriles is 1. The Morgan fingerprint density at radius 3 is 2.30 bits per heavy atom. The van der Waals surface area contributed by atoms with Crippen molar-refractivity contribution in [2.75, 3.05) is 54.0 Å². The minimum Gasteiger partial charge on any atom is -0.367 e. The number of rotatable bonds is 4. The number of hydrogen-bond acceptors (Lipinski definition) is 7. The van der Waals surface area contributed by atoms with Gasteiger partial charge in [-0.15, -0.1) is 0 Å². The van der Waals surface area contributed by atoms with E-state index in [1.54, 1.807) is 0 Å². The number of nitro benzene ring substituents is 1. The van der Waals surface area contributed by atoms with E-state index in [1.165, 1.54) is 12.1 Å². The Balaban J connectivity index is 1.35. The summed E-state index contributed by atoms with van der Waals surface area (Å²) in [7, 11) is 0. The van der Waals surface area contributed by atoms with Gasteiger partial charge < -0.3 is 14.7 Å². The second kappa shape index (κ2) is 8.53. The average molecular weight is 410 g/mol. The van der Waals surface area contributed by atoms with Crippen molar-refractivity contribution < 1.29 is 9.31 Å². The van der Waals surface area contributed by atoms with E-state index in [-0.39, 0.29) is 11.6 Å². The average Bonchev–Trinajstić information content (AvgIpc) is 2.79. The van der Waals surface area contributed by atoms with Crippen molar-refractivity contribution in [3.63, 3.8) is 0 Å². The van der Waals surface area contributed by atoms with Crippen LogP contribution >= 0.6 is 0 Å². The third-order valence-electron chi connectivity index (χ3n) is 5.86. The molecule has 0 bridgehead atoms. The van der Waals surface area contributed by atoms with Crippen molar-refractivity contribution in [3.05, 3.63) is 52.5 Å². The molecule has 4 rings (SSSR count). The van der Waals surface area contributed by atoms with Crippen LogP contribution in [-0.2, 0) is 0 Å². The minimum absolute atomic E-state index is 0.150. The van der Waals surface area contributed by atoms with Gasteiger partial charge in [0.2, 0.25) is 0 Å². The second-order valence-electron chi connectivity index (χ2n) is 7.63. The largest absolute Gasteiger partial charge is 0.367 e. The maximum atomic E-state index is 14.3. The van der Waals surface area contributed by atoms with Gasteiger partial charge in [0, 0.05) is 51.3 Å². The molecular formula is C21H23FN6O2. The van der Waals surface area contributed by atoms with Crippen molar-refractivity contribution in [2.24, 2.45) is 5.92 Å². The van der Waals surface area contributed by atoms with E-state index in [0.717, 1.165) is 43.5 Å². The molecule has 0 amide bonds. The molecule has 1 aromatic heterocycles. The van der Waals surface area contributed by atoms with Gasteiger partial charge in [-0.05, 0) is 31.0 Å². The molecule has 2 saturated heterocycles. The van der Waals surface area contributed by atoms with E-state index in [1.807, 2.05) is 17.2 Å². The van der Waals surface area contributed by atoms with Gasteiger partial charge in [-0.2, -0.15) is 5.26 Å². The highest BCUT2D eigenvalue weighted by molar-refractivity contribution is 5.56. The molecule has 0 N–H and O–H groups in total. The first-order chi connectivity index (χ1) is 14.5. The summed E-state index contributed by atoms with van der Waals surface area (Å²) in [6.07, 6.45) is 3.62. The first-order valence-corrected chi connectivity index (χ1v) is 10.1. The summed E-state index contributed by atoms with van der Waals surface area (Å²) in [6, 6.07) is 10.2. The Hall–Kier alpha value is -3.41. The Labute approximate surface area is 174 Å². The fourth-order valence-electron chi connectivity index (χ4n) is 4.06. The van der Waals surface area contributed by atoms with Crippen LogP contribution in [0.25, 0.3) is 0 Å². The first kappa shape index (κ1) is 19.9. The molecule has 0 radical (unpaired) electrons. The van der Waals surface area contributed by atoms with E-state index in [4.69, 9.17) is 5.26 Å². The molecule has 156 valence electrons. The Morgan fingerprint density at radius 1 is 1.03 bits per heavy atom.